The molecule has 2 aromatic rings. The van der Waals surface area contributed by atoms with Crippen molar-refractivity contribution < 1.29 is 9.90 Å². The number of aliphatic hydroxyl groups is 1. The van der Waals surface area contributed by atoms with E-state index in [-0.39, 0.29) is 12.5 Å². The molecule has 2 N–H and O–H groups in total. The van der Waals surface area contributed by atoms with Gasteiger partial charge in [0.05, 0.1) is 6.61 Å². The zero-order valence-electron chi connectivity index (χ0n) is 10.8. The maximum Gasteiger partial charge on any atom is 0.268 e. The average Bonchev–Trinajstić information content (AvgIpc) is 3.07. The van der Waals surface area contributed by atoms with Crippen LogP contribution >= 0.6 is 22.7 Å². The number of anilines is 1. The number of hydrogen-bond acceptors (Lipinski definition) is 6. The number of carbonyl (C=O) groups excluding carboxylic acids is 1. The first kappa shape index (κ1) is 14.7. The summed E-state index contributed by atoms with van der Waals surface area (Å²) in [6.07, 6.45) is 1.19. The molecule has 0 radical (unpaired) electrons. The van der Waals surface area contributed by atoms with Gasteiger partial charge in [-0.1, -0.05) is 30.1 Å². The highest BCUT2D eigenvalue weighted by molar-refractivity contribution is 7.15. The topological polar surface area (TPSA) is 75.1 Å². The third-order valence-corrected chi connectivity index (χ3v) is 4.22. The average molecular weight is 307 g/mol. The fourth-order valence-electron chi connectivity index (χ4n) is 1.40. The summed E-state index contributed by atoms with van der Waals surface area (Å²) in [4.78, 5) is 12.7. The molecule has 0 unspecified atom stereocenters. The minimum Gasteiger partial charge on any atom is -0.395 e. The molecule has 104 valence electrons. The number of aryl methyl sites for hydroxylation is 1. The lowest BCUT2D eigenvalue weighted by Gasteiger charge is -1.98. The van der Waals surface area contributed by atoms with Crippen LogP contribution in [-0.4, -0.2) is 27.8 Å². The second-order valence-electron chi connectivity index (χ2n) is 3.75. The van der Waals surface area contributed by atoms with Gasteiger partial charge in [0.15, 0.2) is 0 Å². The van der Waals surface area contributed by atoms with Gasteiger partial charge in [-0.2, -0.15) is 0 Å². The number of carbonyl (C=O) groups is 1. The van der Waals surface area contributed by atoms with E-state index in [2.05, 4.69) is 27.4 Å². The van der Waals surface area contributed by atoms with Crippen molar-refractivity contribution in [2.45, 2.75) is 19.8 Å². The zero-order valence-corrected chi connectivity index (χ0v) is 12.5. The second-order valence-corrected chi connectivity index (χ2v) is 5.73. The SMILES string of the molecule is CCc1nnc(NC(=O)c2sccc2C#CCCO)s1. The molecule has 20 heavy (non-hydrogen) atoms. The van der Waals surface area contributed by atoms with Gasteiger partial charge >= 0.3 is 0 Å². The molecule has 7 heteroatoms. The van der Waals surface area contributed by atoms with Gasteiger partial charge in [-0.3, -0.25) is 10.1 Å². The monoisotopic (exact) mass is 307 g/mol. The highest BCUT2D eigenvalue weighted by atomic mass is 32.1. The first-order chi connectivity index (χ1) is 9.74. The molecular weight excluding hydrogens is 294 g/mol. The summed E-state index contributed by atoms with van der Waals surface area (Å²) in [5.41, 5.74) is 0.668. The van der Waals surface area contributed by atoms with E-state index >= 15 is 0 Å². The Hall–Kier alpha value is -1.75. The van der Waals surface area contributed by atoms with Gasteiger partial charge in [0.1, 0.15) is 9.88 Å². The van der Waals surface area contributed by atoms with Crippen LogP contribution in [0.4, 0.5) is 5.13 Å². The van der Waals surface area contributed by atoms with E-state index in [1.54, 1.807) is 6.07 Å². The number of rotatable bonds is 4. The first-order valence-corrected chi connectivity index (χ1v) is 7.75. The Morgan fingerprint density at radius 1 is 1.50 bits per heavy atom. The predicted molar refractivity (Wildman–Crippen MR) is 80.1 cm³/mol. The van der Waals surface area contributed by atoms with Crippen LogP contribution in [0.5, 0.6) is 0 Å². The van der Waals surface area contributed by atoms with Crippen LogP contribution in [0, 0.1) is 11.8 Å². The number of nitrogens with one attached hydrogen (secondary N) is 1. The number of nitrogens with zero attached hydrogens (tertiary/aromatic N) is 2. The summed E-state index contributed by atoms with van der Waals surface area (Å²) in [6, 6.07) is 1.79. The zero-order chi connectivity index (χ0) is 14.4. The number of aromatic nitrogens is 2. The smallest absolute Gasteiger partial charge is 0.268 e. The van der Waals surface area contributed by atoms with Crippen LogP contribution in [0.3, 0.4) is 0 Å². The third kappa shape index (κ3) is 3.63. The summed E-state index contributed by atoms with van der Waals surface area (Å²) in [5, 5.41) is 22.5. The van der Waals surface area contributed by atoms with Gasteiger partial charge in [-0.05, 0) is 17.9 Å². The molecule has 2 rings (SSSR count). The van der Waals surface area contributed by atoms with Crippen LogP contribution in [0.2, 0.25) is 0 Å². The molecule has 2 heterocycles. The molecule has 0 fully saturated rings. The lowest BCUT2D eigenvalue weighted by molar-refractivity contribution is 0.103. The first-order valence-electron chi connectivity index (χ1n) is 6.05. The molecule has 0 aliphatic rings. The van der Waals surface area contributed by atoms with Crippen molar-refractivity contribution in [1.82, 2.24) is 10.2 Å². The van der Waals surface area contributed by atoms with E-state index in [1.165, 1.54) is 22.7 Å². The molecular formula is C13H13N3O2S2. The van der Waals surface area contributed by atoms with Crippen molar-refractivity contribution in [3.05, 3.63) is 26.9 Å². The highest BCUT2D eigenvalue weighted by Gasteiger charge is 2.14. The standard InChI is InChI=1S/C13H13N3O2S2/c1-2-10-15-16-13(20-10)14-12(18)11-9(6-8-19-11)5-3-4-7-17/h6,8,17H,2,4,7H2,1H3,(H,14,16,18). The lowest BCUT2D eigenvalue weighted by Crippen LogP contribution is -2.11. The molecule has 5 nitrogen and oxygen atoms in total. The Kier molecular flexibility index (Phi) is 5.24. The van der Waals surface area contributed by atoms with E-state index in [1.807, 2.05) is 12.3 Å². The number of amides is 1. The van der Waals surface area contributed by atoms with Crippen molar-refractivity contribution in [2.24, 2.45) is 0 Å². The van der Waals surface area contributed by atoms with Crippen LogP contribution in [-0.2, 0) is 6.42 Å². The summed E-state index contributed by atoms with van der Waals surface area (Å²) in [7, 11) is 0. The molecule has 0 bridgehead atoms. The van der Waals surface area contributed by atoms with E-state index in [4.69, 9.17) is 5.11 Å². The van der Waals surface area contributed by atoms with E-state index in [0.717, 1.165) is 11.4 Å². The van der Waals surface area contributed by atoms with Gasteiger partial charge in [-0.15, -0.1) is 21.5 Å². The molecule has 0 spiro atoms. The fraction of sp³-hybridized carbons (Fsp3) is 0.308. The molecule has 0 aliphatic heterocycles. The van der Waals surface area contributed by atoms with Crippen molar-refractivity contribution in [3.8, 4) is 11.8 Å². The number of aliphatic hydroxyl groups excluding tert-OH is 1. The summed E-state index contributed by atoms with van der Waals surface area (Å²) in [6.45, 7) is 2.00. The quantitative estimate of drug-likeness (QED) is 0.849. The largest absolute Gasteiger partial charge is 0.395 e. The molecule has 0 atom stereocenters. The second kappa shape index (κ2) is 7.14. The van der Waals surface area contributed by atoms with E-state index < -0.39 is 0 Å². The normalized spacial score (nSPS) is 9.90. The Balaban J connectivity index is 2.10. The minimum atomic E-state index is -0.230. The summed E-state index contributed by atoms with van der Waals surface area (Å²) < 4.78 is 0. The van der Waals surface area contributed by atoms with Gasteiger partial charge < -0.3 is 5.11 Å². The Bertz CT molecular complexity index is 652. The van der Waals surface area contributed by atoms with Crippen LogP contribution in [0.25, 0.3) is 0 Å². The Labute approximate surface area is 124 Å². The maximum absolute atomic E-state index is 12.1. The number of hydrogen-bond donors (Lipinski definition) is 2. The van der Waals surface area contributed by atoms with Crippen molar-refractivity contribution in [3.63, 3.8) is 0 Å². The van der Waals surface area contributed by atoms with Crippen LogP contribution < -0.4 is 5.32 Å². The summed E-state index contributed by atoms with van der Waals surface area (Å²) >= 11 is 2.69. The fourth-order valence-corrected chi connectivity index (χ4v) is 2.82. The lowest BCUT2D eigenvalue weighted by atomic mass is 10.2. The van der Waals surface area contributed by atoms with Crippen molar-refractivity contribution in [2.75, 3.05) is 11.9 Å². The van der Waals surface area contributed by atoms with Crippen LogP contribution in [0.15, 0.2) is 11.4 Å². The third-order valence-electron chi connectivity index (χ3n) is 2.32. The molecule has 2 aromatic heterocycles. The van der Waals surface area contributed by atoms with Gasteiger partial charge in [0.2, 0.25) is 5.13 Å². The van der Waals surface area contributed by atoms with Gasteiger partial charge in [0.25, 0.3) is 5.91 Å². The molecule has 0 aromatic carbocycles. The summed E-state index contributed by atoms with van der Waals surface area (Å²) in [5.74, 6) is 5.47. The molecule has 1 amide bonds. The minimum absolute atomic E-state index is 0.0171. The molecule has 0 aliphatic carbocycles. The van der Waals surface area contributed by atoms with E-state index in [9.17, 15) is 4.79 Å². The predicted octanol–water partition coefficient (Wildman–Crippen LogP) is 2.15. The van der Waals surface area contributed by atoms with Gasteiger partial charge in [-0.25, -0.2) is 0 Å². The van der Waals surface area contributed by atoms with E-state index in [0.29, 0.717) is 22.0 Å². The molecule has 0 saturated heterocycles. The van der Waals surface area contributed by atoms with Crippen molar-refractivity contribution >= 4 is 33.7 Å². The van der Waals surface area contributed by atoms with Gasteiger partial charge in [0, 0.05) is 12.0 Å². The van der Waals surface area contributed by atoms with Crippen molar-refractivity contribution in [1.29, 1.82) is 0 Å². The van der Waals surface area contributed by atoms with Crippen LogP contribution in [0.1, 0.15) is 33.6 Å². The maximum atomic E-state index is 12.1. The Morgan fingerprint density at radius 3 is 3.05 bits per heavy atom. The highest BCUT2D eigenvalue weighted by Crippen LogP contribution is 2.20. The number of thiophene rings is 1. The molecule has 0 saturated carbocycles. The Morgan fingerprint density at radius 2 is 2.35 bits per heavy atom.